The standard InChI is InChI=1S/C17H19ClFN3O3/c1-11(2)9-21(10-16(23)12-3-5-13(19)6-4-12)17-15(18)7-14(8-20-17)22(24)25/h3-8,11,16,23H,9-10H2,1-2H3. The number of nitro groups is 1. The van der Waals surface area contributed by atoms with E-state index in [9.17, 15) is 19.6 Å². The zero-order chi connectivity index (χ0) is 18.6. The van der Waals surface area contributed by atoms with Crippen LogP contribution in [0.1, 0.15) is 25.5 Å². The predicted octanol–water partition coefficient (Wildman–Crippen LogP) is 3.98. The first-order chi connectivity index (χ1) is 11.8. The maximum Gasteiger partial charge on any atom is 0.289 e. The lowest BCUT2D eigenvalue weighted by atomic mass is 10.1. The van der Waals surface area contributed by atoms with E-state index in [-0.39, 0.29) is 29.0 Å². The van der Waals surface area contributed by atoms with Crippen LogP contribution in [-0.2, 0) is 0 Å². The van der Waals surface area contributed by atoms with Crippen molar-refractivity contribution in [2.45, 2.75) is 20.0 Å². The molecule has 0 amide bonds. The van der Waals surface area contributed by atoms with Crippen LogP contribution in [0.15, 0.2) is 36.5 Å². The summed E-state index contributed by atoms with van der Waals surface area (Å²) >= 11 is 6.16. The highest BCUT2D eigenvalue weighted by atomic mass is 35.5. The molecular formula is C17H19ClFN3O3. The predicted molar refractivity (Wildman–Crippen MR) is 94.3 cm³/mol. The Balaban J connectivity index is 2.26. The average molecular weight is 368 g/mol. The van der Waals surface area contributed by atoms with Gasteiger partial charge in [-0.3, -0.25) is 10.1 Å². The van der Waals surface area contributed by atoms with Crippen molar-refractivity contribution in [1.82, 2.24) is 4.98 Å². The summed E-state index contributed by atoms with van der Waals surface area (Å²) in [4.78, 5) is 16.1. The molecule has 2 rings (SSSR count). The topological polar surface area (TPSA) is 79.5 Å². The maximum absolute atomic E-state index is 13.0. The third kappa shape index (κ3) is 5.11. The molecule has 0 aliphatic rings. The van der Waals surface area contributed by atoms with Crippen molar-refractivity contribution in [3.05, 3.63) is 63.0 Å². The Morgan fingerprint density at radius 3 is 2.48 bits per heavy atom. The molecule has 1 aromatic heterocycles. The number of halogens is 2. The molecular weight excluding hydrogens is 349 g/mol. The first kappa shape index (κ1) is 19.1. The Morgan fingerprint density at radius 1 is 1.32 bits per heavy atom. The van der Waals surface area contributed by atoms with E-state index in [1.165, 1.54) is 30.3 Å². The van der Waals surface area contributed by atoms with Crippen molar-refractivity contribution in [3.63, 3.8) is 0 Å². The molecule has 0 bridgehead atoms. The van der Waals surface area contributed by atoms with E-state index in [1.54, 1.807) is 4.90 Å². The van der Waals surface area contributed by atoms with E-state index >= 15 is 0 Å². The van der Waals surface area contributed by atoms with Crippen LogP contribution in [0.5, 0.6) is 0 Å². The fourth-order valence-electron chi connectivity index (χ4n) is 2.44. The van der Waals surface area contributed by atoms with Gasteiger partial charge >= 0.3 is 0 Å². The second-order valence-electron chi connectivity index (χ2n) is 6.12. The largest absolute Gasteiger partial charge is 0.387 e. The number of benzene rings is 1. The second-order valence-corrected chi connectivity index (χ2v) is 6.53. The highest BCUT2D eigenvalue weighted by Gasteiger charge is 2.20. The van der Waals surface area contributed by atoms with E-state index in [0.29, 0.717) is 17.9 Å². The minimum atomic E-state index is -0.882. The molecule has 0 saturated heterocycles. The van der Waals surface area contributed by atoms with Gasteiger partial charge in [-0.2, -0.15) is 0 Å². The van der Waals surface area contributed by atoms with Crippen molar-refractivity contribution in [2.75, 3.05) is 18.0 Å². The van der Waals surface area contributed by atoms with Crippen LogP contribution in [0.2, 0.25) is 5.02 Å². The normalized spacial score (nSPS) is 12.2. The zero-order valence-electron chi connectivity index (χ0n) is 13.9. The Morgan fingerprint density at radius 2 is 1.96 bits per heavy atom. The lowest BCUT2D eigenvalue weighted by Crippen LogP contribution is -2.33. The van der Waals surface area contributed by atoms with Crippen molar-refractivity contribution < 1.29 is 14.4 Å². The summed E-state index contributed by atoms with van der Waals surface area (Å²) in [6.07, 6.45) is 0.256. The number of hydrogen-bond donors (Lipinski definition) is 1. The summed E-state index contributed by atoms with van der Waals surface area (Å²) in [5.41, 5.74) is 0.366. The van der Waals surface area contributed by atoms with E-state index in [1.807, 2.05) is 13.8 Å². The maximum atomic E-state index is 13.0. The third-order valence-electron chi connectivity index (χ3n) is 3.55. The number of pyridine rings is 1. The summed E-state index contributed by atoms with van der Waals surface area (Å²) in [5, 5.41) is 21.4. The molecule has 0 aliphatic carbocycles. The molecule has 6 nitrogen and oxygen atoms in total. The van der Waals surface area contributed by atoms with Gasteiger partial charge in [0, 0.05) is 19.2 Å². The van der Waals surface area contributed by atoms with Gasteiger partial charge in [0.05, 0.1) is 16.0 Å². The van der Waals surface area contributed by atoms with Crippen LogP contribution < -0.4 is 4.90 Å². The van der Waals surface area contributed by atoms with Crippen LogP contribution >= 0.6 is 11.6 Å². The van der Waals surface area contributed by atoms with E-state index in [4.69, 9.17) is 11.6 Å². The van der Waals surface area contributed by atoms with Gasteiger partial charge in [0.15, 0.2) is 0 Å². The van der Waals surface area contributed by atoms with Crippen molar-refractivity contribution >= 4 is 23.1 Å². The number of anilines is 1. The lowest BCUT2D eigenvalue weighted by molar-refractivity contribution is -0.385. The first-order valence-electron chi connectivity index (χ1n) is 7.76. The molecule has 8 heteroatoms. The first-order valence-corrected chi connectivity index (χ1v) is 8.14. The summed E-state index contributed by atoms with van der Waals surface area (Å²) in [6, 6.07) is 6.82. The monoisotopic (exact) mass is 367 g/mol. The van der Waals surface area contributed by atoms with Crippen LogP contribution in [0.4, 0.5) is 15.9 Å². The molecule has 1 heterocycles. The van der Waals surface area contributed by atoms with Crippen molar-refractivity contribution in [1.29, 1.82) is 0 Å². The van der Waals surface area contributed by atoms with E-state index < -0.39 is 11.0 Å². The van der Waals surface area contributed by atoms with Crippen molar-refractivity contribution in [2.24, 2.45) is 5.92 Å². The number of aromatic nitrogens is 1. The van der Waals surface area contributed by atoms with E-state index in [2.05, 4.69) is 4.98 Å². The molecule has 0 aliphatic heterocycles. The van der Waals surface area contributed by atoms with Crippen LogP contribution in [-0.4, -0.2) is 28.1 Å². The summed E-state index contributed by atoms with van der Waals surface area (Å²) in [6.45, 7) is 4.71. The van der Waals surface area contributed by atoms with E-state index in [0.717, 1.165) is 6.20 Å². The fraction of sp³-hybridized carbons (Fsp3) is 0.353. The number of aliphatic hydroxyl groups excluding tert-OH is 1. The minimum absolute atomic E-state index is 0.140. The molecule has 2 aromatic rings. The third-order valence-corrected chi connectivity index (χ3v) is 3.83. The molecule has 1 unspecified atom stereocenters. The van der Waals surface area contributed by atoms with Gasteiger partial charge in [-0.05, 0) is 23.6 Å². The van der Waals surface area contributed by atoms with Gasteiger partial charge in [0.2, 0.25) is 0 Å². The van der Waals surface area contributed by atoms with Crippen LogP contribution in [0.25, 0.3) is 0 Å². The molecule has 1 atom stereocenters. The number of rotatable bonds is 7. The lowest BCUT2D eigenvalue weighted by Gasteiger charge is -2.28. The molecule has 0 spiro atoms. The average Bonchev–Trinajstić information content (AvgIpc) is 2.54. The molecule has 1 aromatic carbocycles. The zero-order valence-corrected chi connectivity index (χ0v) is 14.7. The van der Waals surface area contributed by atoms with Crippen LogP contribution in [0, 0.1) is 21.8 Å². The van der Waals surface area contributed by atoms with Gasteiger partial charge in [-0.15, -0.1) is 0 Å². The Bertz CT molecular complexity index is 740. The molecule has 0 radical (unpaired) electrons. The van der Waals surface area contributed by atoms with Gasteiger partial charge in [-0.25, -0.2) is 9.37 Å². The van der Waals surface area contributed by atoms with Gasteiger partial charge < -0.3 is 10.0 Å². The summed E-state index contributed by atoms with van der Waals surface area (Å²) in [7, 11) is 0. The number of hydrogen-bond acceptors (Lipinski definition) is 5. The van der Waals surface area contributed by atoms with Crippen LogP contribution in [0.3, 0.4) is 0 Å². The highest BCUT2D eigenvalue weighted by Crippen LogP contribution is 2.29. The quantitative estimate of drug-likeness (QED) is 0.591. The molecule has 0 fully saturated rings. The smallest absolute Gasteiger partial charge is 0.289 e. The Hall–Kier alpha value is -2.25. The molecule has 134 valence electrons. The summed E-state index contributed by atoms with van der Waals surface area (Å²) in [5.74, 6) is 0.227. The molecule has 25 heavy (non-hydrogen) atoms. The summed E-state index contributed by atoms with van der Waals surface area (Å²) < 4.78 is 13.0. The van der Waals surface area contributed by atoms with Gasteiger partial charge in [-0.1, -0.05) is 37.6 Å². The molecule has 0 saturated carbocycles. The van der Waals surface area contributed by atoms with Crippen molar-refractivity contribution in [3.8, 4) is 0 Å². The minimum Gasteiger partial charge on any atom is -0.387 e. The Labute approximate surface area is 150 Å². The van der Waals surface area contributed by atoms with Gasteiger partial charge in [0.1, 0.15) is 17.8 Å². The number of aliphatic hydroxyl groups is 1. The number of nitrogens with zero attached hydrogens (tertiary/aromatic N) is 3. The second kappa shape index (κ2) is 8.22. The Kier molecular flexibility index (Phi) is 6.27. The fourth-order valence-corrected chi connectivity index (χ4v) is 2.72. The highest BCUT2D eigenvalue weighted by molar-refractivity contribution is 6.33. The molecule has 1 N–H and O–H groups in total. The van der Waals surface area contributed by atoms with Gasteiger partial charge in [0.25, 0.3) is 5.69 Å². The SMILES string of the molecule is CC(C)CN(CC(O)c1ccc(F)cc1)c1ncc([N+](=O)[O-])cc1Cl.